The Bertz CT molecular complexity index is 365. The van der Waals surface area contributed by atoms with Crippen LogP contribution in [0.15, 0.2) is 18.2 Å². The normalized spacial score (nSPS) is 24.6. The van der Waals surface area contributed by atoms with Crippen LogP contribution in [0.4, 0.5) is 0 Å². The van der Waals surface area contributed by atoms with Gasteiger partial charge in [-0.15, -0.1) is 0 Å². The van der Waals surface area contributed by atoms with Gasteiger partial charge in [0.25, 0.3) is 0 Å². The largest absolute Gasteiger partial charge is 0.504 e. The first-order chi connectivity index (χ1) is 7.70. The van der Waals surface area contributed by atoms with E-state index < -0.39 is 0 Å². The number of benzene rings is 1. The third kappa shape index (κ3) is 2.30. The predicted molar refractivity (Wildman–Crippen MR) is 63.8 cm³/mol. The first-order valence-corrected chi connectivity index (χ1v) is 5.89. The van der Waals surface area contributed by atoms with Gasteiger partial charge in [-0.2, -0.15) is 0 Å². The van der Waals surface area contributed by atoms with Crippen molar-refractivity contribution in [3.05, 3.63) is 23.8 Å². The highest BCUT2D eigenvalue weighted by Gasteiger charge is 2.22. The number of nitrogens with one attached hydrogen (secondary N) is 1. The first-order valence-electron chi connectivity index (χ1n) is 5.89. The Balaban J connectivity index is 2.18. The highest BCUT2D eigenvalue weighted by molar-refractivity contribution is 5.43. The molecule has 1 aromatic rings. The summed E-state index contributed by atoms with van der Waals surface area (Å²) in [5.74, 6) is 1.52. The third-order valence-corrected chi connectivity index (χ3v) is 3.04. The van der Waals surface area contributed by atoms with Gasteiger partial charge in [-0.25, -0.2) is 0 Å². The molecule has 0 unspecified atom stereocenters. The molecule has 0 aliphatic carbocycles. The molecule has 2 atom stereocenters. The second kappa shape index (κ2) is 4.74. The van der Waals surface area contributed by atoms with Gasteiger partial charge in [-0.05, 0) is 43.5 Å². The van der Waals surface area contributed by atoms with E-state index in [1.54, 1.807) is 6.07 Å². The van der Waals surface area contributed by atoms with E-state index in [4.69, 9.17) is 4.74 Å². The maximum atomic E-state index is 9.62. The lowest BCUT2D eigenvalue weighted by Crippen LogP contribution is -2.13. The average molecular weight is 221 g/mol. The van der Waals surface area contributed by atoms with E-state index in [-0.39, 0.29) is 5.75 Å². The van der Waals surface area contributed by atoms with E-state index in [0.717, 1.165) is 13.0 Å². The fourth-order valence-corrected chi connectivity index (χ4v) is 2.18. The van der Waals surface area contributed by atoms with Crippen molar-refractivity contribution in [3.8, 4) is 11.5 Å². The summed E-state index contributed by atoms with van der Waals surface area (Å²) in [4.78, 5) is 0. The standard InChI is InChI=1S/C13H19NO2/c1-3-16-13-7-10(4-5-12(13)15)11-6-9(2)8-14-11/h4-5,7,9,11,14-15H,3,6,8H2,1-2H3/t9-,11+/m1/s1. The van der Waals surface area contributed by atoms with Gasteiger partial charge < -0.3 is 15.2 Å². The molecule has 16 heavy (non-hydrogen) atoms. The highest BCUT2D eigenvalue weighted by atomic mass is 16.5. The topological polar surface area (TPSA) is 41.5 Å². The molecule has 0 bridgehead atoms. The number of phenols is 1. The van der Waals surface area contributed by atoms with Crippen molar-refractivity contribution in [1.29, 1.82) is 0 Å². The molecule has 0 saturated carbocycles. The van der Waals surface area contributed by atoms with E-state index >= 15 is 0 Å². The molecule has 1 heterocycles. The average Bonchev–Trinajstić information content (AvgIpc) is 2.69. The molecule has 3 heteroatoms. The van der Waals surface area contributed by atoms with Crippen LogP contribution in [-0.4, -0.2) is 18.3 Å². The lowest BCUT2D eigenvalue weighted by Gasteiger charge is -2.13. The van der Waals surface area contributed by atoms with Gasteiger partial charge in [0.1, 0.15) is 0 Å². The van der Waals surface area contributed by atoms with Gasteiger partial charge in [0.05, 0.1) is 6.61 Å². The molecule has 0 spiro atoms. The molecule has 2 rings (SSSR count). The van der Waals surface area contributed by atoms with Gasteiger partial charge in [0.15, 0.2) is 11.5 Å². The highest BCUT2D eigenvalue weighted by Crippen LogP contribution is 2.33. The van der Waals surface area contributed by atoms with Crippen molar-refractivity contribution in [3.63, 3.8) is 0 Å². The molecule has 2 N–H and O–H groups in total. The van der Waals surface area contributed by atoms with Gasteiger partial charge >= 0.3 is 0 Å². The molecule has 1 aliphatic heterocycles. The van der Waals surface area contributed by atoms with E-state index in [2.05, 4.69) is 12.2 Å². The Morgan fingerprint density at radius 3 is 2.94 bits per heavy atom. The van der Waals surface area contributed by atoms with Crippen LogP contribution in [0.5, 0.6) is 11.5 Å². The Labute approximate surface area is 96.4 Å². The molecule has 3 nitrogen and oxygen atoms in total. The monoisotopic (exact) mass is 221 g/mol. The third-order valence-electron chi connectivity index (χ3n) is 3.04. The van der Waals surface area contributed by atoms with Crippen LogP contribution in [0, 0.1) is 5.92 Å². The van der Waals surface area contributed by atoms with E-state index in [1.807, 2.05) is 19.1 Å². The van der Waals surface area contributed by atoms with Crippen molar-refractivity contribution in [2.75, 3.05) is 13.2 Å². The summed E-state index contributed by atoms with van der Waals surface area (Å²) in [7, 11) is 0. The second-order valence-corrected chi connectivity index (χ2v) is 4.46. The van der Waals surface area contributed by atoms with Crippen LogP contribution in [-0.2, 0) is 0 Å². The summed E-state index contributed by atoms with van der Waals surface area (Å²) < 4.78 is 5.39. The zero-order valence-corrected chi connectivity index (χ0v) is 9.86. The fourth-order valence-electron chi connectivity index (χ4n) is 2.18. The SMILES string of the molecule is CCOc1cc([C@@H]2C[C@@H](C)CN2)ccc1O. The summed E-state index contributed by atoms with van der Waals surface area (Å²) in [6.45, 7) is 5.81. The van der Waals surface area contributed by atoms with Crippen LogP contribution < -0.4 is 10.1 Å². The van der Waals surface area contributed by atoms with Crippen molar-refractivity contribution < 1.29 is 9.84 Å². The molecular weight excluding hydrogens is 202 g/mol. The smallest absolute Gasteiger partial charge is 0.161 e. The minimum atomic E-state index is 0.219. The second-order valence-electron chi connectivity index (χ2n) is 4.46. The number of aromatic hydroxyl groups is 1. The molecule has 1 aromatic carbocycles. The van der Waals surface area contributed by atoms with Gasteiger partial charge in [0, 0.05) is 6.04 Å². The van der Waals surface area contributed by atoms with Crippen LogP contribution >= 0.6 is 0 Å². The summed E-state index contributed by atoms with van der Waals surface area (Å²) in [5, 5.41) is 13.1. The molecule has 88 valence electrons. The van der Waals surface area contributed by atoms with E-state index in [1.165, 1.54) is 5.56 Å². The van der Waals surface area contributed by atoms with Crippen molar-refractivity contribution in [2.24, 2.45) is 5.92 Å². The quantitative estimate of drug-likeness (QED) is 0.823. The van der Waals surface area contributed by atoms with Gasteiger partial charge in [-0.1, -0.05) is 13.0 Å². The van der Waals surface area contributed by atoms with Crippen LogP contribution in [0.3, 0.4) is 0 Å². The zero-order chi connectivity index (χ0) is 11.5. The Morgan fingerprint density at radius 1 is 1.50 bits per heavy atom. The number of hydrogen-bond donors (Lipinski definition) is 2. The summed E-state index contributed by atoms with van der Waals surface area (Å²) in [6.07, 6.45) is 1.15. The van der Waals surface area contributed by atoms with Crippen molar-refractivity contribution in [2.45, 2.75) is 26.3 Å². The lowest BCUT2D eigenvalue weighted by atomic mass is 10.0. The van der Waals surface area contributed by atoms with Crippen LogP contribution in [0.25, 0.3) is 0 Å². The van der Waals surface area contributed by atoms with Crippen LogP contribution in [0.1, 0.15) is 31.9 Å². The molecule has 1 aliphatic rings. The molecule has 1 saturated heterocycles. The minimum absolute atomic E-state index is 0.219. The van der Waals surface area contributed by atoms with Crippen molar-refractivity contribution >= 4 is 0 Å². The summed E-state index contributed by atoms with van der Waals surface area (Å²) in [5.41, 5.74) is 1.20. The number of ether oxygens (including phenoxy) is 1. The lowest BCUT2D eigenvalue weighted by molar-refractivity contribution is 0.317. The molecule has 1 fully saturated rings. The fraction of sp³-hybridized carbons (Fsp3) is 0.538. The van der Waals surface area contributed by atoms with E-state index in [9.17, 15) is 5.11 Å². The summed E-state index contributed by atoms with van der Waals surface area (Å²) in [6, 6.07) is 6.02. The van der Waals surface area contributed by atoms with Gasteiger partial charge in [-0.3, -0.25) is 0 Å². The zero-order valence-electron chi connectivity index (χ0n) is 9.86. The number of rotatable bonds is 3. The van der Waals surface area contributed by atoms with E-state index in [0.29, 0.717) is 24.3 Å². The van der Waals surface area contributed by atoms with Gasteiger partial charge in [0.2, 0.25) is 0 Å². The Kier molecular flexibility index (Phi) is 3.34. The first kappa shape index (κ1) is 11.3. The molecule has 0 radical (unpaired) electrons. The molecule has 0 aromatic heterocycles. The Morgan fingerprint density at radius 2 is 2.31 bits per heavy atom. The maximum absolute atomic E-state index is 9.62. The number of phenolic OH excluding ortho intramolecular Hbond substituents is 1. The predicted octanol–water partition coefficient (Wildman–Crippen LogP) is 2.46. The molecule has 0 amide bonds. The maximum Gasteiger partial charge on any atom is 0.161 e. The van der Waals surface area contributed by atoms with Crippen LogP contribution in [0.2, 0.25) is 0 Å². The summed E-state index contributed by atoms with van der Waals surface area (Å²) >= 11 is 0. The number of hydrogen-bond acceptors (Lipinski definition) is 3. The van der Waals surface area contributed by atoms with Crippen molar-refractivity contribution in [1.82, 2.24) is 5.32 Å². The minimum Gasteiger partial charge on any atom is -0.504 e. The Hall–Kier alpha value is -1.22. The molecular formula is C13H19NO2.